The van der Waals surface area contributed by atoms with Crippen LogP contribution in [0.1, 0.15) is 12.5 Å². The molecule has 0 saturated heterocycles. The third kappa shape index (κ3) is 5.17. The van der Waals surface area contributed by atoms with Crippen molar-refractivity contribution in [1.82, 2.24) is 5.32 Å². The molecule has 0 spiro atoms. The van der Waals surface area contributed by atoms with Crippen LogP contribution in [0.3, 0.4) is 0 Å². The number of hydrogen-bond acceptors (Lipinski definition) is 2. The molecule has 0 atom stereocenters. The summed E-state index contributed by atoms with van der Waals surface area (Å²) in [5.74, 6) is 0. The van der Waals surface area contributed by atoms with Gasteiger partial charge in [0.15, 0.2) is 0 Å². The largest absolute Gasteiger partial charge is 0.380 e. The molecule has 0 unspecified atom stereocenters. The molecule has 0 bridgehead atoms. The highest BCUT2D eigenvalue weighted by atomic mass is 35.5. The van der Waals surface area contributed by atoms with Crippen LogP contribution in [0.5, 0.6) is 0 Å². The van der Waals surface area contributed by atoms with E-state index in [9.17, 15) is 0 Å². The third-order valence-electron chi connectivity index (χ3n) is 2.19. The third-order valence-corrected chi connectivity index (χ3v) is 2.93. The van der Waals surface area contributed by atoms with Gasteiger partial charge in [-0.3, -0.25) is 0 Å². The number of benzene rings is 1. The van der Waals surface area contributed by atoms with Crippen molar-refractivity contribution in [3.8, 4) is 0 Å². The normalized spacial score (nSPS) is 10.7. The predicted molar refractivity (Wildman–Crippen MR) is 69.5 cm³/mol. The second-order valence-corrected chi connectivity index (χ2v) is 4.28. The maximum Gasteiger partial charge on any atom is 0.0595 e. The summed E-state index contributed by atoms with van der Waals surface area (Å²) in [6.45, 7) is 5.42. The highest BCUT2D eigenvalue weighted by Crippen LogP contribution is 2.22. The van der Waals surface area contributed by atoms with Gasteiger partial charge in [0.05, 0.1) is 23.3 Å². The van der Waals surface area contributed by atoms with Gasteiger partial charge in [0.25, 0.3) is 0 Å². The zero-order valence-corrected chi connectivity index (χ0v) is 10.9. The number of likely N-dealkylation sites (N-methyl/N-ethyl adjacent to an activating group) is 1. The van der Waals surface area contributed by atoms with Gasteiger partial charge in [0, 0.05) is 6.54 Å². The van der Waals surface area contributed by atoms with E-state index in [0.29, 0.717) is 16.7 Å². The van der Waals surface area contributed by atoms with Gasteiger partial charge >= 0.3 is 0 Å². The van der Waals surface area contributed by atoms with E-state index in [-0.39, 0.29) is 0 Å². The minimum atomic E-state index is 0.596. The summed E-state index contributed by atoms with van der Waals surface area (Å²) in [5.41, 5.74) is 1.15. The number of nitrogens with one attached hydrogen (secondary N) is 1. The monoisotopic (exact) mass is 261 g/mol. The van der Waals surface area contributed by atoms with Crippen LogP contribution in [0.2, 0.25) is 10.0 Å². The molecule has 4 heteroatoms. The first-order valence-electron chi connectivity index (χ1n) is 5.46. The Bertz CT molecular complexity index is 318. The van der Waals surface area contributed by atoms with Gasteiger partial charge in [-0.1, -0.05) is 36.2 Å². The fourth-order valence-corrected chi connectivity index (χ4v) is 1.63. The number of hydrogen-bond donors (Lipinski definition) is 1. The first kappa shape index (κ1) is 13.8. The zero-order valence-electron chi connectivity index (χ0n) is 9.43. The van der Waals surface area contributed by atoms with Gasteiger partial charge in [-0.05, 0) is 30.7 Å². The van der Waals surface area contributed by atoms with Gasteiger partial charge in [-0.15, -0.1) is 0 Å². The molecule has 0 amide bonds. The molecule has 16 heavy (non-hydrogen) atoms. The van der Waals surface area contributed by atoms with Crippen molar-refractivity contribution in [2.75, 3.05) is 26.3 Å². The molecule has 0 aliphatic carbocycles. The molecule has 0 aromatic heterocycles. The molecule has 0 fully saturated rings. The Balaban J connectivity index is 2.19. The molecular formula is C12H17Cl2NO. The SMILES string of the molecule is CCNCCOCCc1ccc(Cl)c(Cl)c1. The highest BCUT2D eigenvalue weighted by Gasteiger charge is 1.99. The average Bonchev–Trinajstić information content (AvgIpc) is 2.28. The number of rotatable bonds is 7. The summed E-state index contributed by atoms with van der Waals surface area (Å²) >= 11 is 11.7. The van der Waals surface area contributed by atoms with Crippen molar-refractivity contribution >= 4 is 23.2 Å². The van der Waals surface area contributed by atoms with Crippen molar-refractivity contribution in [2.45, 2.75) is 13.3 Å². The van der Waals surface area contributed by atoms with Crippen LogP contribution in [0.25, 0.3) is 0 Å². The lowest BCUT2D eigenvalue weighted by Crippen LogP contribution is -2.19. The molecule has 0 aliphatic heterocycles. The zero-order chi connectivity index (χ0) is 11.8. The van der Waals surface area contributed by atoms with E-state index in [2.05, 4.69) is 12.2 Å². The highest BCUT2D eigenvalue weighted by molar-refractivity contribution is 6.42. The molecule has 2 nitrogen and oxygen atoms in total. The summed E-state index contributed by atoms with van der Waals surface area (Å²) in [4.78, 5) is 0. The van der Waals surface area contributed by atoms with Crippen LogP contribution in [0, 0.1) is 0 Å². The van der Waals surface area contributed by atoms with Crippen LogP contribution < -0.4 is 5.32 Å². The van der Waals surface area contributed by atoms with Crippen LogP contribution in [0.4, 0.5) is 0 Å². The van der Waals surface area contributed by atoms with Gasteiger partial charge in [0.2, 0.25) is 0 Å². The van der Waals surface area contributed by atoms with Gasteiger partial charge in [0.1, 0.15) is 0 Å². The molecule has 1 rings (SSSR count). The van der Waals surface area contributed by atoms with Gasteiger partial charge in [-0.2, -0.15) is 0 Å². The van der Waals surface area contributed by atoms with Crippen LogP contribution in [0.15, 0.2) is 18.2 Å². The first-order chi connectivity index (χ1) is 7.74. The van der Waals surface area contributed by atoms with E-state index in [1.54, 1.807) is 0 Å². The summed E-state index contributed by atoms with van der Waals surface area (Å²) in [5, 5.41) is 4.40. The quantitative estimate of drug-likeness (QED) is 0.762. The van der Waals surface area contributed by atoms with Gasteiger partial charge < -0.3 is 10.1 Å². The van der Waals surface area contributed by atoms with E-state index in [1.165, 1.54) is 0 Å². The lowest BCUT2D eigenvalue weighted by atomic mass is 10.2. The second-order valence-electron chi connectivity index (χ2n) is 3.46. The van der Waals surface area contributed by atoms with E-state index >= 15 is 0 Å². The van der Waals surface area contributed by atoms with Crippen LogP contribution >= 0.6 is 23.2 Å². The Labute approximate surface area is 107 Å². The maximum absolute atomic E-state index is 5.91. The summed E-state index contributed by atoms with van der Waals surface area (Å²) < 4.78 is 5.47. The fraction of sp³-hybridized carbons (Fsp3) is 0.500. The van der Waals surface area contributed by atoms with E-state index in [1.807, 2.05) is 18.2 Å². The first-order valence-corrected chi connectivity index (χ1v) is 6.22. The molecule has 1 N–H and O–H groups in total. The maximum atomic E-state index is 5.91. The smallest absolute Gasteiger partial charge is 0.0595 e. The van der Waals surface area contributed by atoms with E-state index in [0.717, 1.165) is 31.7 Å². The fourth-order valence-electron chi connectivity index (χ4n) is 1.31. The van der Waals surface area contributed by atoms with Crippen molar-refractivity contribution in [2.24, 2.45) is 0 Å². The molecule has 0 heterocycles. The summed E-state index contributed by atoms with van der Waals surface area (Å²) in [6.07, 6.45) is 0.864. The molecule has 90 valence electrons. The Morgan fingerprint density at radius 2 is 2.00 bits per heavy atom. The lowest BCUT2D eigenvalue weighted by molar-refractivity contribution is 0.139. The molecular weight excluding hydrogens is 245 g/mol. The Hall–Kier alpha value is -0.280. The number of ether oxygens (including phenoxy) is 1. The standard InChI is InChI=1S/C12H17Cl2NO/c1-2-15-6-8-16-7-5-10-3-4-11(13)12(14)9-10/h3-4,9,15H,2,5-8H2,1H3. The minimum absolute atomic E-state index is 0.596. The van der Waals surface area contributed by atoms with Crippen molar-refractivity contribution in [3.63, 3.8) is 0 Å². The lowest BCUT2D eigenvalue weighted by Gasteiger charge is -2.05. The average molecular weight is 262 g/mol. The summed E-state index contributed by atoms with van der Waals surface area (Å²) in [6, 6.07) is 5.68. The van der Waals surface area contributed by atoms with E-state index in [4.69, 9.17) is 27.9 Å². The van der Waals surface area contributed by atoms with Crippen molar-refractivity contribution < 1.29 is 4.74 Å². The molecule has 1 aromatic carbocycles. The topological polar surface area (TPSA) is 21.3 Å². The Morgan fingerprint density at radius 3 is 2.69 bits per heavy atom. The van der Waals surface area contributed by atoms with Crippen LogP contribution in [-0.2, 0) is 11.2 Å². The summed E-state index contributed by atoms with van der Waals surface area (Å²) in [7, 11) is 0. The van der Waals surface area contributed by atoms with Crippen LogP contribution in [-0.4, -0.2) is 26.3 Å². The van der Waals surface area contributed by atoms with Gasteiger partial charge in [-0.25, -0.2) is 0 Å². The minimum Gasteiger partial charge on any atom is -0.380 e. The second kappa shape index (κ2) is 7.91. The van der Waals surface area contributed by atoms with Crippen molar-refractivity contribution in [1.29, 1.82) is 0 Å². The molecule has 0 saturated carbocycles. The molecule has 1 aromatic rings. The molecule has 0 aliphatic rings. The Kier molecular flexibility index (Phi) is 6.81. The number of halogens is 2. The van der Waals surface area contributed by atoms with Crippen molar-refractivity contribution in [3.05, 3.63) is 33.8 Å². The van der Waals surface area contributed by atoms with E-state index < -0.39 is 0 Å². The Morgan fingerprint density at radius 1 is 1.19 bits per heavy atom. The predicted octanol–water partition coefficient (Wildman–Crippen LogP) is 3.16. The molecule has 0 radical (unpaired) electrons.